The first-order valence-corrected chi connectivity index (χ1v) is 4.62. The van der Waals surface area contributed by atoms with Gasteiger partial charge in [-0.3, -0.25) is 0 Å². The SMILES string of the molecule is C=S=C/C=C(/Cl)C=S=C. The second kappa shape index (κ2) is 6.08. The first-order chi connectivity index (χ1) is 4.31. The quantitative estimate of drug-likeness (QED) is 0.449. The van der Waals surface area contributed by atoms with E-state index in [1.165, 1.54) is 21.9 Å². The van der Waals surface area contributed by atoms with Crippen molar-refractivity contribution in [3.63, 3.8) is 0 Å². The molecule has 9 heavy (non-hydrogen) atoms. The van der Waals surface area contributed by atoms with Crippen LogP contribution in [0.4, 0.5) is 0 Å². The zero-order chi connectivity index (χ0) is 7.11. The molecule has 0 nitrogen and oxygen atoms in total. The zero-order valence-electron chi connectivity index (χ0n) is 4.84. The summed E-state index contributed by atoms with van der Waals surface area (Å²) >= 11 is 5.63. The highest BCUT2D eigenvalue weighted by molar-refractivity contribution is 7.95. The van der Waals surface area contributed by atoms with Crippen LogP contribution in [0.3, 0.4) is 0 Å². The molecule has 0 spiro atoms. The van der Waals surface area contributed by atoms with Crippen molar-refractivity contribution in [1.82, 2.24) is 0 Å². The molecular weight excluding hydrogens is 172 g/mol. The summed E-state index contributed by atoms with van der Waals surface area (Å²) in [7, 11) is 2.71. The van der Waals surface area contributed by atoms with Gasteiger partial charge in [-0.2, -0.15) is 21.9 Å². The number of hydrogen-bond donors (Lipinski definition) is 0. The molecule has 0 fully saturated rings. The van der Waals surface area contributed by atoms with E-state index in [2.05, 4.69) is 11.7 Å². The van der Waals surface area contributed by atoms with Gasteiger partial charge in [0.05, 0.1) is 5.03 Å². The Balaban J connectivity index is 4.15. The predicted octanol–water partition coefficient (Wildman–Crippen LogP) is 2.04. The second-order valence-corrected chi connectivity index (χ2v) is 2.75. The topological polar surface area (TPSA) is 0 Å². The summed E-state index contributed by atoms with van der Waals surface area (Å²) in [5, 5.41) is 4.26. The van der Waals surface area contributed by atoms with E-state index < -0.39 is 0 Å². The molecule has 0 aromatic carbocycles. The molecule has 50 valence electrons. The van der Waals surface area contributed by atoms with Crippen molar-refractivity contribution in [3.05, 3.63) is 11.1 Å². The highest BCUT2D eigenvalue weighted by atomic mass is 35.5. The number of hydrogen-bond acceptors (Lipinski definition) is 0. The lowest BCUT2D eigenvalue weighted by Gasteiger charge is -1.76. The van der Waals surface area contributed by atoms with Crippen LogP contribution in [0.15, 0.2) is 11.1 Å². The van der Waals surface area contributed by atoms with E-state index in [4.69, 9.17) is 11.6 Å². The minimum atomic E-state index is 0.686. The number of rotatable bonds is 2. The van der Waals surface area contributed by atoms with Crippen LogP contribution in [0.1, 0.15) is 0 Å². The lowest BCUT2D eigenvalue weighted by molar-refractivity contribution is 2.27. The van der Waals surface area contributed by atoms with Gasteiger partial charge < -0.3 is 0 Å². The average Bonchev–Trinajstić information content (AvgIpc) is 1.85. The van der Waals surface area contributed by atoms with Crippen molar-refractivity contribution >= 4 is 56.0 Å². The van der Waals surface area contributed by atoms with Gasteiger partial charge in [-0.25, -0.2) is 0 Å². The van der Waals surface area contributed by atoms with Crippen LogP contribution in [0.25, 0.3) is 0 Å². The van der Waals surface area contributed by atoms with Crippen LogP contribution in [-0.4, -0.2) is 22.5 Å². The molecular formula is C6H7ClS2. The van der Waals surface area contributed by atoms with E-state index in [1.807, 2.05) is 5.37 Å². The van der Waals surface area contributed by atoms with E-state index >= 15 is 0 Å². The molecule has 0 aromatic heterocycles. The smallest absolute Gasteiger partial charge is 0.0512 e. The van der Waals surface area contributed by atoms with Crippen LogP contribution in [-0.2, 0) is 0 Å². The predicted molar refractivity (Wildman–Crippen MR) is 55.5 cm³/mol. The Kier molecular flexibility index (Phi) is 6.04. The molecule has 0 bridgehead atoms. The van der Waals surface area contributed by atoms with Crippen molar-refractivity contribution in [2.75, 3.05) is 0 Å². The average molecular weight is 179 g/mol. The van der Waals surface area contributed by atoms with Gasteiger partial charge in [0.2, 0.25) is 0 Å². The Morgan fingerprint density at radius 3 is 2.44 bits per heavy atom. The molecule has 0 aromatic rings. The van der Waals surface area contributed by atoms with Crippen molar-refractivity contribution in [1.29, 1.82) is 0 Å². The Hall–Kier alpha value is -0.0500. The van der Waals surface area contributed by atoms with Crippen LogP contribution in [0, 0.1) is 0 Å². The maximum absolute atomic E-state index is 5.63. The van der Waals surface area contributed by atoms with Crippen molar-refractivity contribution in [2.24, 2.45) is 0 Å². The fourth-order valence-corrected chi connectivity index (χ4v) is 1.04. The normalized spacial score (nSPS) is 10.1. The molecule has 3 heteroatoms. The van der Waals surface area contributed by atoms with Gasteiger partial charge in [-0.05, 0) is 23.2 Å². The van der Waals surface area contributed by atoms with Gasteiger partial charge in [-0.1, -0.05) is 11.6 Å². The number of allylic oxidation sites excluding steroid dienone is 2. The van der Waals surface area contributed by atoms with Crippen molar-refractivity contribution < 1.29 is 0 Å². The summed E-state index contributed by atoms with van der Waals surface area (Å²) < 4.78 is 0. The first-order valence-electron chi connectivity index (χ1n) is 2.15. The third-order valence-electron chi connectivity index (χ3n) is 0.519. The Morgan fingerprint density at radius 2 is 2.00 bits per heavy atom. The molecule has 0 unspecified atom stereocenters. The Bertz CT molecular complexity index is 205. The zero-order valence-corrected chi connectivity index (χ0v) is 7.23. The molecule has 0 saturated heterocycles. The van der Waals surface area contributed by atoms with Crippen LogP contribution in [0.2, 0.25) is 0 Å². The number of halogens is 1. The van der Waals surface area contributed by atoms with Gasteiger partial charge in [0.15, 0.2) is 0 Å². The largest absolute Gasteiger partial charge is 0.160 e. The lowest BCUT2D eigenvalue weighted by Crippen LogP contribution is -1.67. The highest BCUT2D eigenvalue weighted by Crippen LogP contribution is 1.94. The van der Waals surface area contributed by atoms with Gasteiger partial charge in [0, 0.05) is 5.37 Å². The minimum absolute atomic E-state index is 0.686. The van der Waals surface area contributed by atoms with Gasteiger partial charge >= 0.3 is 0 Å². The fourth-order valence-electron chi connectivity index (χ4n) is 0.232. The molecule has 0 rings (SSSR count). The lowest BCUT2D eigenvalue weighted by atomic mass is 10.6. The first kappa shape index (κ1) is 8.95. The fraction of sp³-hybridized carbons (Fsp3) is 0. The Morgan fingerprint density at radius 1 is 1.33 bits per heavy atom. The maximum atomic E-state index is 5.63. The Labute approximate surface area is 67.2 Å². The summed E-state index contributed by atoms with van der Waals surface area (Å²) in [5.74, 6) is 7.07. The van der Waals surface area contributed by atoms with E-state index in [0.29, 0.717) is 5.03 Å². The van der Waals surface area contributed by atoms with Crippen LogP contribution >= 0.6 is 33.5 Å². The van der Waals surface area contributed by atoms with E-state index in [9.17, 15) is 0 Å². The van der Waals surface area contributed by atoms with E-state index in [-0.39, 0.29) is 0 Å². The molecule has 0 atom stereocenters. The molecule has 0 heterocycles. The monoisotopic (exact) mass is 178 g/mol. The molecule has 0 radical (unpaired) electrons. The van der Waals surface area contributed by atoms with Gasteiger partial charge in [-0.15, -0.1) is 0 Å². The molecule has 0 saturated carbocycles. The second-order valence-electron chi connectivity index (χ2n) is 1.14. The third-order valence-corrected chi connectivity index (χ3v) is 1.63. The van der Waals surface area contributed by atoms with Gasteiger partial charge in [0.25, 0.3) is 0 Å². The summed E-state index contributed by atoms with van der Waals surface area (Å²) in [5.41, 5.74) is 0. The molecule has 0 aliphatic carbocycles. The molecule has 0 amide bonds. The summed E-state index contributed by atoms with van der Waals surface area (Å²) in [4.78, 5) is 0. The van der Waals surface area contributed by atoms with Crippen molar-refractivity contribution in [3.8, 4) is 0 Å². The molecule has 0 aliphatic rings. The van der Waals surface area contributed by atoms with Crippen molar-refractivity contribution in [2.45, 2.75) is 0 Å². The standard InChI is InChI=1S/C6H7ClS2/c1-8-4-3-6(7)5-9-2/h3-5H,1-2H2/b6-3+. The third kappa shape index (κ3) is 5.83. The van der Waals surface area contributed by atoms with Crippen LogP contribution < -0.4 is 0 Å². The molecule has 0 N–H and O–H groups in total. The summed E-state index contributed by atoms with van der Waals surface area (Å²) in [6, 6.07) is 0. The highest BCUT2D eigenvalue weighted by Gasteiger charge is 1.75. The van der Waals surface area contributed by atoms with Gasteiger partial charge in [0.1, 0.15) is 0 Å². The maximum Gasteiger partial charge on any atom is 0.0512 e. The van der Waals surface area contributed by atoms with E-state index in [0.717, 1.165) is 0 Å². The van der Waals surface area contributed by atoms with E-state index in [1.54, 1.807) is 11.4 Å². The molecule has 0 aliphatic heterocycles. The summed E-state index contributed by atoms with van der Waals surface area (Å²) in [6.45, 7) is 0. The summed E-state index contributed by atoms with van der Waals surface area (Å²) in [6.07, 6.45) is 1.78. The minimum Gasteiger partial charge on any atom is -0.160 e. The van der Waals surface area contributed by atoms with Crippen LogP contribution in [0.5, 0.6) is 0 Å².